The lowest BCUT2D eigenvalue weighted by Crippen LogP contribution is -2.25. The number of ether oxygens (including phenoxy) is 1. The fraction of sp³-hybridized carbons (Fsp3) is 0.118. The zero-order valence-corrected chi connectivity index (χ0v) is 25.5. The second-order valence-electron chi connectivity index (χ2n) is 10.4. The van der Waals surface area contributed by atoms with Crippen LogP contribution in [0.1, 0.15) is 34.0 Å². The van der Waals surface area contributed by atoms with Gasteiger partial charge in [0.2, 0.25) is 0 Å². The van der Waals surface area contributed by atoms with Crippen molar-refractivity contribution in [3.05, 3.63) is 158 Å². The number of nitrogens with zero attached hydrogens (tertiary/aromatic N) is 2. The van der Waals surface area contributed by atoms with E-state index >= 15 is 0 Å². The number of aromatic nitrogens is 4. The van der Waals surface area contributed by atoms with Crippen LogP contribution in [-0.4, -0.2) is 35.1 Å². The third-order valence-electron chi connectivity index (χ3n) is 7.59. The minimum atomic E-state index is -4.16. The van der Waals surface area contributed by atoms with Crippen LogP contribution >= 0.6 is 0 Å². The van der Waals surface area contributed by atoms with Crippen molar-refractivity contribution in [2.24, 2.45) is 0 Å². The number of para-hydroxylation sites is 2. The Bertz CT molecular complexity index is 2100. The molecule has 0 unspecified atom stereocenters. The van der Waals surface area contributed by atoms with E-state index in [0.717, 1.165) is 0 Å². The molecule has 0 aliphatic rings. The summed E-state index contributed by atoms with van der Waals surface area (Å²) in [6, 6.07) is 30.8. The van der Waals surface area contributed by atoms with Crippen molar-refractivity contribution in [2.45, 2.75) is 24.7 Å². The normalized spacial score (nSPS) is 11.6. The van der Waals surface area contributed by atoms with E-state index in [1.807, 2.05) is 60.7 Å². The van der Waals surface area contributed by atoms with Crippen LogP contribution in [0.4, 0.5) is 0 Å². The Balaban J connectivity index is 1.54. The van der Waals surface area contributed by atoms with Gasteiger partial charge >= 0.3 is 10.1 Å². The molecule has 0 saturated heterocycles. The van der Waals surface area contributed by atoms with Gasteiger partial charge in [-0.05, 0) is 67.9 Å². The molecule has 0 amide bonds. The lowest BCUT2D eigenvalue weighted by molar-refractivity contribution is 0.390. The Morgan fingerprint density at radius 3 is 1.58 bits per heavy atom. The average Bonchev–Trinajstić information content (AvgIpc) is 3.52. The first kappa shape index (κ1) is 29.5. The largest absolute Gasteiger partial charge is 0.493 e. The lowest BCUT2D eigenvalue weighted by Gasteiger charge is -2.18. The molecule has 0 fully saturated rings. The molecular formula is C34H30N4O6S. The monoisotopic (exact) mass is 622 g/mol. The number of H-pyrrole nitrogens is 2. The smallest absolute Gasteiger partial charge is 0.339 e. The first-order valence-corrected chi connectivity index (χ1v) is 15.5. The van der Waals surface area contributed by atoms with Crippen LogP contribution in [0.25, 0.3) is 11.4 Å². The first-order valence-electron chi connectivity index (χ1n) is 14.1. The Morgan fingerprint density at radius 2 is 1.11 bits per heavy atom. The van der Waals surface area contributed by atoms with Crippen molar-refractivity contribution < 1.29 is 17.3 Å². The van der Waals surface area contributed by atoms with Crippen molar-refractivity contribution in [2.75, 3.05) is 7.11 Å². The van der Waals surface area contributed by atoms with Crippen LogP contribution in [0.15, 0.2) is 124 Å². The number of benzene rings is 4. The van der Waals surface area contributed by atoms with E-state index in [1.54, 1.807) is 44.2 Å². The van der Waals surface area contributed by atoms with Crippen molar-refractivity contribution in [3.8, 4) is 22.9 Å². The van der Waals surface area contributed by atoms with Gasteiger partial charge in [0.15, 0.2) is 11.5 Å². The summed E-state index contributed by atoms with van der Waals surface area (Å²) in [6.45, 7) is 3.56. The molecule has 11 heteroatoms. The lowest BCUT2D eigenvalue weighted by atomic mass is 9.85. The van der Waals surface area contributed by atoms with Gasteiger partial charge in [0.1, 0.15) is 4.90 Å². The molecule has 0 bridgehead atoms. The van der Waals surface area contributed by atoms with Gasteiger partial charge in [-0.2, -0.15) is 8.42 Å². The van der Waals surface area contributed by atoms with Gasteiger partial charge in [-0.3, -0.25) is 19.8 Å². The fourth-order valence-electron chi connectivity index (χ4n) is 5.48. The second-order valence-corrected chi connectivity index (χ2v) is 12.0. The summed E-state index contributed by atoms with van der Waals surface area (Å²) < 4.78 is 40.0. The highest BCUT2D eigenvalue weighted by molar-refractivity contribution is 7.87. The molecular weight excluding hydrogens is 592 g/mol. The molecule has 228 valence electrons. The first-order chi connectivity index (χ1) is 21.7. The minimum absolute atomic E-state index is 0.0113. The van der Waals surface area contributed by atoms with Crippen molar-refractivity contribution >= 4 is 10.1 Å². The Kier molecular flexibility index (Phi) is 7.78. The highest BCUT2D eigenvalue weighted by Gasteiger charge is 2.32. The van der Waals surface area contributed by atoms with Gasteiger partial charge in [0.25, 0.3) is 11.1 Å². The predicted octanol–water partition coefficient (Wildman–Crippen LogP) is 5.22. The standard InChI is InChI=1S/C34H30N4O6S/c1-22-30(33(39)37(35-22)25-13-7-4-8-14-25)32(31-23(2)36-38(34(31)40)26-15-9-5-10-16-26)24-19-20-28(29(21-24)43-3)44-45(41,42)27-17-11-6-12-18-27/h4-21,32,35-36H,1-3H3. The molecule has 0 aliphatic heterocycles. The molecule has 10 nitrogen and oxygen atoms in total. The van der Waals surface area contributed by atoms with Gasteiger partial charge in [-0.15, -0.1) is 0 Å². The number of methoxy groups -OCH3 is 1. The Morgan fingerprint density at radius 1 is 0.644 bits per heavy atom. The summed E-state index contributed by atoms with van der Waals surface area (Å²) in [5, 5.41) is 6.33. The number of hydrogen-bond donors (Lipinski definition) is 2. The maximum absolute atomic E-state index is 14.1. The molecule has 2 heterocycles. The van der Waals surface area contributed by atoms with Gasteiger partial charge in [-0.25, -0.2) is 9.36 Å². The summed E-state index contributed by atoms with van der Waals surface area (Å²) in [6.07, 6.45) is 0. The van der Waals surface area contributed by atoms with E-state index in [-0.39, 0.29) is 27.5 Å². The summed E-state index contributed by atoms with van der Waals surface area (Å²) in [5.74, 6) is -0.782. The molecule has 45 heavy (non-hydrogen) atoms. The molecule has 6 rings (SSSR count). The quantitative estimate of drug-likeness (QED) is 0.213. The van der Waals surface area contributed by atoms with Gasteiger partial charge in [0, 0.05) is 17.3 Å². The highest BCUT2D eigenvalue weighted by atomic mass is 32.2. The van der Waals surface area contributed by atoms with Crippen molar-refractivity contribution in [1.29, 1.82) is 0 Å². The van der Waals surface area contributed by atoms with Gasteiger partial charge in [0.05, 0.1) is 29.6 Å². The zero-order chi connectivity index (χ0) is 31.7. The van der Waals surface area contributed by atoms with E-state index < -0.39 is 16.0 Å². The average molecular weight is 623 g/mol. The van der Waals surface area contributed by atoms with E-state index in [0.29, 0.717) is 39.5 Å². The van der Waals surface area contributed by atoms with Crippen LogP contribution in [0.5, 0.6) is 11.5 Å². The van der Waals surface area contributed by atoms with Crippen LogP contribution in [0, 0.1) is 13.8 Å². The number of nitrogens with one attached hydrogen (secondary N) is 2. The van der Waals surface area contributed by atoms with Crippen LogP contribution in [-0.2, 0) is 10.1 Å². The van der Waals surface area contributed by atoms with Crippen molar-refractivity contribution in [1.82, 2.24) is 19.6 Å². The molecule has 6 aromatic rings. The summed E-state index contributed by atoms with van der Waals surface area (Å²) in [4.78, 5) is 28.2. The Labute approximate surface area is 259 Å². The molecule has 0 atom stereocenters. The molecule has 2 N–H and O–H groups in total. The van der Waals surface area contributed by atoms with Gasteiger partial charge in [-0.1, -0.05) is 60.7 Å². The molecule has 2 aromatic heterocycles. The third kappa shape index (κ3) is 5.49. The number of aromatic amines is 2. The van der Waals surface area contributed by atoms with E-state index in [4.69, 9.17) is 8.92 Å². The van der Waals surface area contributed by atoms with Gasteiger partial charge < -0.3 is 8.92 Å². The second kappa shape index (κ2) is 11.9. The topological polar surface area (TPSA) is 128 Å². The minimum Gasteiger partial charge on any atom is -0.493 e. The van der Waals surface area contributed by atoms with E-state index in [1.165, 1.54) is 34.7 Å². The SMILES string of the molecule is COc1cc(C(c2c(C)[nH]n(-c3ccccc3)c2=O)c2c(C)[nH]n(-c3ccccc3)c2=O)ccc1OS(=O)(=O)c1ccccc1. The molecule has 0 saturated carbocycles. The van der Waals surface area contributed by atoms with E-state index in [2.05, 4.69) is 10.2 Å². The highest BCUT2D eigenvalue weighted by Crippen LogP contribution is 2.38. The maximum Gasteiger partial charge on any atom is 0.339 e. The molecule has 0 spiro atoms. The summed E-state index contributed by atoms with van der Waals surface area (Å²) >= 11 is 0. The van der Waals surface area contributed by atoms with Crippen LogP contribution in [0.2, 0.25) is 0 Å². The summed E-state index contributed by atoms with van der Waals surface area (Å²) in [5.41, 5.74) is 2.96. The maximum atomic E-state index is 14.1. The van der Waals surface area contributed by atoms with E-state index in [9.17, 15) is 18.0 Å². The number of hydrogen-bond acceptors (Lipinski definition) is 6. The molecule has 0 aliphatic carbocycles. The summed E-state index contributed by atoms with van der Waals surface area (Å²) in [7, 11) is -2.77. The number of aryl methyl sites for hydroxylation is 2. The van der Waals surface area contributed by atoms with Crippen LogP contribution < -0.4 is 20.0 Å². The van der Waals surface area contributed by atoms with Crippen molar-refractivity contribution in [3.63, 3.8) is 0 Å². The number of rotatable bonds is 9. The third-order valence-corrected chi connectivity index (χ3v) is 8.84. The Hall–Kier alpha value is -5.55. The van der Waals surface area contributed by atoms with Crippen LogP contribution in [0.3, 0.4) is 0 Å². The molecule has 4 aromatic carbocycles. The predicted molar refractivity (Wildman–Crippen MR) is 170 cm³/mol. The molecule has 0 radical (unpaired) electrons. The zero-order valence-electron chi connectivity index (χ0n) is 24.7. The fourth-order valence-corrected chi connectivity index (χ4v) is 6.44.